The molecule has 38 heavy (non-hydrogen) atoms. The van der Waals surface area contributed by atoms with E-state index in [2.05, 4.69) is 22.0 Å². The number of halogens is 7. The molecule has 0 fully saturated rings. The number of carboxylic acid groups (broad SMARTS) is 1. The summed E-state index contributed by atoms with van der Waals surface area (Å²) in [6.45, 7) is 1.31. The minimum Gasteiger partial charge on any atom is -0.475 e. The van der Waals surface area contributed by atoms with Crippen LogP contribution in [0.2, 0.25) is 0 Å². The largest absolute Gasteiger partial charge is 0.673 e. The normalized spacial score (nSPS) is 11.8. The van der Waals surface area contributed by atoms with Crippen molar-refractivity contribution in [3.05, 3.63) is 90.0 Å². The average Bonchev–Trinajstić information content (AvgIpc) is 3.22. The predicted octanol–water partition coefficient (Wildman–Crippen LogP) is 3.48. The number of hydrogen-bond acceptors (Lipinski definition) is 3. The van der Waals surface area contributed by atoms with Crippen LogP contribution in [0.4, 0.5) is 30.4 Å². The van der Waals surface area contributed by atoms with E-state index >= 15 is 0 Å². The van der Waals surface area contributed by atoms with Crippen molar-refractivity contribution in [2.24, 2.45) is 12.8 Å². The molecule has 0 aliphatic rings. The first-order valence-electron chi connectivity index (χ1n) is 10.9. The molecule has 0 aliphatic heterocycles. The molecule has 1 heterocycles. The first kappa shape index (κ1) is 32.2. The summed E-state index contributed by atoms with van der Waals surface area (Å²) in [4.78, 5) is 21.1. The second-order valence-corrected chi connectivity index (χ2v) is 7.88. The third-order valence-electron chi connectivity index (χ3n) is 4.56. The monoisotopic (exact) mass is 550 g/mol. The number of hydrogen-bond donors (Lipinski definition) is 3. The molecule has 0 bridgehead atoms. The molecule has 1 aromatic heterocycles. The Morgan fingerprint density at radius 3 is 1.95 bits per heavy atom. The summed E-state index contributed by atoms with van der Waals surface area (Å²) in [5.41, 5.74) is 9.36. The third-order valence-corrected chi connectivity index (χ3v) is 4.56. The van der Waals surface area contributed by atoms with Crippen LogP contribution in [-0.2, 0) is 36.1 Å². The zero-order valence-corrected chi connectivity index (χ0v) is 20.1. The fraction of sp³-hybridized carbons (Fsp3) is 0.261. The number of nitrogens with two attached hydrogens (primary N) is 1. The Hall–Kier alpha value is -3.88. The molecule has 0 spiro atoms. The van der Waals surface area contributed by atoms with Crippen molar-refractivity contribution >= 4 is 19.1 Å². The van der Waals surface area contributed by atoms with Gasteiger partial charge in [-0.25, -0.2) is 13.9 Å². The highest BCUT2D eigenvalue weighted by molar-refractivity contribution is 6.50. The number of aromatic nitrogens is 2. The Balaban J connectivity index is 0.000000503. The number of imidazole rings is 1. The molecule has 1 atom stereocenters. The van der Waals surface area contributed by atoms with Crippen LogP contribution in [0.1, 0.15) is 16.7 Å². The molecule has 4 N–H and O–H groups in total. The van der Waals surface area contributed by atoms with Gasteiger partial charge in [0.05, 0.1) is 13.1 Å². The Kier molecular flexibility index (Phi) is 12.5. The number of carbonyl (C=O) groups excluding carboxylic acids is 1. The summed E-state index contributed by atoms with van der Waals surface area (Å²) < 4.78 is 74.9. The lowest BCUT2D eigenvalue weighted by Crippen LogP contribution is -2.41. The molecular formula is C23H26BF7N4O3. The molecule has 15 heteroatoms. The maximum atomic E-state index is 12.2. The van der Waals surface area contributed by atoms with Gasteiger partial charge in [-0.15, -0.1) is 0 Å². The van der Waals surface area contributed by atoms with E-state index in [1.165, 1.54) is 5.56 Å². The lowest BCUT2D eigenvalue weighted by molar-refractivity contribution is -0.671. The van der Waals surface area contributed by atoms with Crippen molar-refractivity contribution in [1.82, 2.24) is 9.88 Å². The smallest absolute Gasteiger partial charge is 0.475 e. The third kappa shape index (κ3) is 14.6. The van der Waals surface area contributed by atoms with Crippen molar-refractivity contribution in [2.45, 2.75) is 31.7 Å². The molecule has 7 nitrogen and oxygen atoms in total. The first-order chi connectivity index (χ1) is 17.5. The summed E-state index contributed by atoms with van der Waals surface area (Å²) in [5, 5.41) is 10.0. The van der Waals surface area contributed by atoms with Crippen LogP contribution in [-0.4, -0.2) is 41.0 Å². The Morgan fingerprint density at radius 1 is 1.00 bits per heavy atom. The van der Waals surface area contributed by atoms with Crippen LogP contribution in [0.5, 0.6) is 0 Å². The fourth-order valence-corrected chi connectivity index (χ4v) is 2.85. The van der Waals surface area contributed by atoms with Gasteiger partial charge in [0.25, 0.3) is 0 Å². The molecule has 0 radical (unpaired) electrons. The van der Waals surface area contributed by atoms with Gasteiger partial charge < -0.3 is 33.4 Å². The van der Waals surface area contributed by atoms with Crippen LogP contribution in [0.3, 0.4) is 0 Å². The molecule has 1 amide bonds. The number of carboxylic acids is 1. The number of aliphatic carboxylic acids is 1. The predicted molar refractivity (Wildman–Crippen MR) is 125 cm³/mol. The van der Waals surface area contributed by atoms with Crippen molar-refractivity contribution < 1.29 is 49.7 Å². The average molecular weight is 550 g/mol. The highest BCUT2D eigenvalue weighted by Crippen LogP contribution is 2.13. The van der Waals surface area contributed by atoms with Crippen molar-refractivity contribution in [2.75, 3.05) is 0 Å². The van der Waals surface area contributed by atoms with E-state index in [0.717, 1.165) is 17.7 Å². The van der Waals surface area contributed by atoms with Gasteiger partial charge in [-0.1, -0.05) is 54.6 Å². The van der Waals surface area contributed by atoms with E-state index in [9.17, 15) is 35.2 Å². The molecule has 208 valence electrons. The standard InChI is InChI=1S/C21H24N4O.C2HF3O2.BF4/c1-24-11-12-25(16-24)15-19-9-7-18(8-10-19)14-23-21(26)20(22)13-17-5-3-2-4-6-17;3-2(4,5)1(6)7;2-1(3,4)5/h2-12,16,20H,13-15,22H2,1H3;(H,6,7);/q;;-1/p+1/t20-;;/m0../s1. The van der Waals surface area contributed by atoms with Gasteiger partial charge >= 0.3 is 19.4 Å². The maximum absolute atomic E-state index is 12.2. The van der Waals surface area contributed by atoms with Crippen LogP contribution in [0, 0.1) is 0 Å². The van der Waals surface area contributed by atoms with Gasteiger partial charge in [-0.2, -0.15) is 13.2 Å². The topological polar surface area (TPSA) is 101 Å². The zero-order valence-electron chi connectivity index (χ0n) is 20.1. The number of carbonyl (C=O) groups is 2. The van der Waals surface area contributed by atoms with Crippen LogP contribution in [0.25, 0.3) is 0 Å². The van der Waals surface area contributed by atoms with Gasteiger partial charge in [0, 0.05) is 6.54 Å². The summed E-state index contributed by atoms with van der Waals surface area (Å²) in [6.07, 6.45) is 1.56. The molecule has 3 aromatic rings. The number of benzene rings is 2. The number of alkyl halides is 3. The second kappa shape index (κ2) is 14.8. The SMILES string of the molecule is C[n+]1ccn(Cc2ccc(CNC(=O)[C@@H](N)Cc3ccccc3)cc2)c1.F[B-](F)(F)F.O=C(O)C(F)(F)F. The molecule has 2 aromatic carbocycles. The van der Waals surface area contributed by atoms with Crippen molar-refractivity contribution in [3.8, 4) is 0 Å². The van der Waals surface area contributed by atoms with E-state index in [0.29, 0.717) is 13.0 Å². The Bertz CT molecular complexity index is 1130. The van der Waals surface area contributed by atoms with E-state index in [4.69, 9.17) is 15.6 Å². The minimum atomic E-state index is -6.00. The van der Waals surface area contributed by atoms with E-state index in [1.54, 1.807) is 0 Å². The first-order valence-corrected chi connectivity index (χ1v) is 10.9. The van der Waals surface area contributed by atoms with Crippen molar-refractivity contribution in [1.29, 1.82) is 0 Å². The molecule has 0 saturated heterocycles. The number of amides is 1. The van der Waals surface area contributed by atoms with Gasteiger partial charge in [0.2, 0.25) is 12.2 Å². The summed E-state index contributed by atoms with van der Waals surface area (Å²) >= 11 is 0. The van der Waals surface area contributed by atoms with Crippen LogP contribution >= 0.6 is 0 Å². The van der Waals surface area contributed by atoms with Crippen LogP contribution in [0.15, 0.2) is 73.3 Å². The quantitative estimate of drug-likeness (QED) is 0.238. The van der Waals surface area contributed by atoms with E-state index in [-0.39, 0.29) is 5.91 Å². The highest BCUT2D eigenvalue weighted by atomic mass is 19.5. The Labute approximate surface area is 213 Å². The summed E-state index contributed by atoms with van der Waals surface area (Å²) in [5.74, 6) is -2.88. The Morgan fingerprint density at radius 2 is 1.50 bits per heavy atom. The lowest BCUT2D eigenvalue weighted by atomic mass is 10.1. The second-order valence-electron chi connectivity index (χ2n) is 7.88. The van der Waals surface area contributed by atoms with Gasteiger partial charge in [-0.3, -0.25) is 4.79 Å². The van der Waals surface area contributed by atoms with Crippen molar-refractivity contribution in [3.63, 3.8) is 0 Å². The summed E-state index contributed by atoms with van der Waals surface area (Å²) in [7, 11) is -4.00. The molecule has 0 aliphatic carbocycles. The molecule has 3 rings (SSSR count). The zero-order chi connectivity index (χ0) is 28.9. The fourth-order valence-electron chi connectivity index (χ4n) is 2.85. The van der Waals surface area contributed by atoms with Gasteiger partial charge in [0.1, 0.15) is 18.9 Å². The number of nitrogens with one attached hydrogen (secondary N) is 1. The minimum absolute atomic E-state index is 0.127. The number of aryl methyl sites for hydroxylation is 1. The number of rotatable bonds is 7. The van der Waals surface area contributed by atoms with Crippen LogP contribution < -0.4 is 15.6 Å². The van der Waals surface area contributed by atoms with Gasteiger partial charge in [0.15, 0.2) is 0 Å². The van der Waals surface area contributed by atoms with E-state index in [1.807, 2.05) is 72.8 Å². The molecule has 0 saturated carbocycles. The highest BCUT2D eigenvalue weighted by Gasteiger charge is 2.38. The molecule has 0 unspecified atom stereocenters. The lowest BCUT2D eigenvalue weighted by Gasteiger charge is -2.12. The molecular weight excluding hydrogens is 524 g/mol. The summed E-state index contributed by atoms with van der Waals surface area (Å²) in [6, 6.07) is 17.6. The number of nitrogens with zero attached hydrogens (tertiary/aromatic N) is 2. The van der Waals surface area contributed by atoms with E-state index < -0.39 is 25.4 Å². The maximum Gasteiger partial charge on any atom is 0.673 e. The van der Waals surface area contributed by atoms with Gasteiger partial charge in [-0.05, 0) is 23.1 Å².